The molecule has 1 aliphatic rings. The van der Waals surface area contributed by atoms with Gasteiger partial charge in [0.15, 0.2) is 0 Å². The zero-order chi connectivity index (χ0) is 20.4. The lowest BCUT2D eigenvalue weighted by Gasteiger charge is -2.36. The van der Waals surface area contributed by atoms with Crippen molar-refractivity contribution in [3.05, 3.63) is 45.6 Å². The van der Waals surface area contributed by atoms with Gasteiger partial charge in [0.25, 0.3) is 5.91 Å². The minimum absolute atomic E-state index is 0.126. The number of nitrogens with zero attached hydrogens (tertiary/aromatic N) is 1. The Morgan fingerprint density at radius 1 is 1.34 bits per heavy atom. The Kier molecular flexibility index (Phi) is 5.58. The summed E-state index contributed by atoms with van der Waals surface area (Å²) in [5, 5.41) is 13.6. The molecule has 1 fully saturated rings. The molecule has 7 nitrogen and oxygen atoms in total. The maximum absolute atomic E-state index is 13.1. The van der Waals surface area contributed by atoms with Crippen LogP contribution >= 0.6 is 11.3 Å². The summed E-state index contributed by atoms with van der Waals surface area (Å²) in [7, 11) is 0. The highest BCUT2D eigenvalue weighted by Crippen LogP contribution is 2.31. The van der Waals surface area contributed by atoms with Crippen LogP contribution in [0.2, 0.25) is 0 Å². The van der Waals surface area contributed by atoms with Gasteiger partial charge in [0.05, 0.1) is 33.8 Å². The number of carbonyl (C=O) groups excluding carboxylic acids is 1. The van der Waals surface area contributed by atoms with Gasteiger partial charge >= 0.3 is 0 Å². The molecule has 2 N–H and O–H groups in total. The van der Waals surface area contributed by atoms with E-state index in [-0.39, 0.29) is 12.5 Å². The molecule has 1 aliphatic heterocycles. The van der Waals surface area contributed by atoms with Crippen LogP contribution < -0.4 is 10.1 Å². The van der Waals surface area contributed by atoms with Crippen molar-refractivity contribution in [1.29, 1.82) is 0 Å². The van der Waals surface area contributed by atoms with Crippen molar-refractivity contribution in [2.75, 3.05) is 19.8 Å². The van der Waals surface area contributed by atoms with Crippen LogP contribution in [-0.4, -0.2) is 41.4 Å². The minimum Gasteiger partial charge on any atom is -0.488 e. The van der Waals surface area contributed by atoms with Crippen LogP contribution in [0.15, 0.2) is 28.1 Å². The molecule has 3 heterocycles. The number of furan rings is 1. The number of aliphatic hydroxyl groups is 1. The molecule has 1 amide bonds. The Hall–Kier alpha value is -2.42. The highest BCUT2D eigenvalue weighted by molar-refractivity contribution is 7.09. The molecule has 154 valence electrons. The van der Waals surface area contributed by atoms with E-state index in [1.807, 2.05) is 25.1 Å². The standard InChI is InChI=1S/C21H24N2O5S/c1-13-18(29-12-22-13)10-27-15-3-4-17-16(9-15)19(14(2)28-17)20(25)23-21(11-24)5-7-26-8-6-21/h3-4,9,12,24H,5-8,10-11H2,1-2H3,(H,23,25). The fourth-order valence-corrected chi connectivity index (χ4v) is 4.26. The first-order chi connectivity index (χ1) is 14.0. The minimum atomic E-state index is -0.664. The van der Waals surface area contributed by atoms with Crippen molar-refractivity contribution in [2.45, 2.75) is 38.8 Å². The van der Waals surface area contributed by atoms with Crippen molar-refractivity contribution in [2.24, 2.45) is 0 Å². The van der Waals surface area contributed by atoms with Crippen molar-refractivity contribution < 1.29 is 23.8 Å². The lowest BCUT2D eigenvalue weighted by Crippen LogP contribution is -2.54. The summed E-state index contributed by atoms with van der Waals surface area (Å²) in [5.41, 5.74) is 3.19. The number of benzene rings is 1. The van der Waals surface area contributed by atoms with Gasteiger partial charge in [-0.3, -0.25) is 4.79 Å². The van der Waals surface area contributed by atoms with E-state index in [1.54, 1.807) is 23.8 Å². The number of aryl methyl sites for hydroxylation is 2. The molecule has 0 atom stereocenters. The summed E-state index contributed by atoms with van der Waals surface area (Å²) in [6.07, 6.45) is 1.15. The smallest absolute Gasteiger partial charge is 0.255 e. The highest BCUT2D eigenvalue weighted by Gasteiger charge is 2.35. The first-order valence-electron chi connectivity index (χ1n) is 9.57. The molecule has 1 aromatic carbocycles. The van der Waals surface area contributed by atoms with Crippen molar-refractivity contribution in [1.82, 2.24) is 10.3 Å². The van der Waals surface area contributed by atoms with Crippen LogP contribution in [0.1, 0.15) is 39.5 Å². The van der Waals surface area contributed by atoms with Gasteiger partial charge in [0, 0.05) is 18.6 Å². The molecular formula is C21H24N2O5S. The summed E-state index contributed by atoms with van der Waals surface area (Å²) in [6, 6.07) is 5.47. The van der Waals surface area contributed by atoms with E-state index in [4.69, 9.17) is 13.9 Å². The molecule has 0 bridgehead atoms. The van der Waals surface area contributed by atoms with Crippen molar-refractivity contribution in [3.63, 3.8) is 0 Å². The van der Waals surface area contributed by atoms with Gasteiger partial charge in [-0.05, 0) is 44.9 Å². The van der Waals surface area contributed by atoms with Crippen LogP contribution in [0.5, 0.6) is 5.75 Å². The lowest BCUT2D eigenvalue weighted by atomic mass is 9.90. The van der Waals surface area contributed by atoms with E-state index in [1.165, 1.54) is 0 Å². The third kappa shape index (κ3) is 4.01. The quantitative estimate of drug-likeness (QED) is 0.640. The number of aliphatic hydroxyl groups excluding tert-OH is 1. The zero-order valence-electron chi connectivity index (χ0n) is 16.5. The molecule has 0 aliphatic carbocycles. The first-order valence-corrected chi connectivity index (χ1v) is 10.5. The van der Waals surface area contributed by atoms with Gasteiger partial charge in [0.2, 0.25) is 0 Å². The van der Waals surface area contributed by atoms with Crippen LogP contribution in [0, 0.1) is 13.8 Å². The number of carbonyl (C=O) groups is 1. The number of hydrogen-bond acceptors (Lipinski definition) is 7. The van der Waals surface area contributed by atoms with Gasteiger partial charge in [-0.25, -0.2) is 4.98 Å². The van der Waals surface area contributed by atoms with E-state index in [2.05, 4.69) is 10.3 Å². The molecule has 3 aromatic rings. The molecule has 0 saturated carbocycles. The van der Waals surface area contributed by atoms with Gasteiger partial charge < -0.3 is 24.3 Å². The Morgan fingerprint density at radius 2 is 2.14 bits per heavy atom. The molecule has 0 unspecified atom stereocenters. The molecule has 0 radical (unpaired) electrons. The largest absolute Gasteiger partial charge is 0.488 e. The SMILES string of the molecule is Cc1ncsc1COc1ccc2oc(C)c(C(=O)NC3(CO)CCOCC3)c2c1. The van der Waals surface area contributed by atoms with Crippen LogP contribution in [-0.2, 0) is 11.3 Å². The summed E-state index contributed by atoms with van der Waals surface area (Å²) < 4.78 is 17.1. The van der Waals surface area contributed by atoms with Gasteiger partial charge in [-0.1, -0.05) is 0 Å². The number of hydrogen-bond donors (Lipinski definition) is 2. The van der Waals surface area contributed by atoms with E-state index in [0.717, 1.165) is 10.6 Å². The zero-order valence-corrected chi connectivity index (χ0v) is 17.3. The number of ether oxygens (including phenoxy) is 2. The number of nitrogens with one attached hydrogen (secondary N) is 1. The maximum Gasteiger partial charge on any atom is 0.255 e. The number of fused-ring (bicyclic) bond motifs is 1. The monoisotopic (exact) mass is 416 g/mol. The third-order valence-electron chi connectivity index (χ3n) is 5.41. The molecule has 4 rings (SSSR count). The summed E-state index contributed by atoms with van der Waals surface area (Å²) in [4.78, 5) is 18.4. The van der Waals surface area contributed by atoms with E-state index in [0.29, 0.717) is 60.7 Å². The highest BCUT2D eigenvalue weighted by atomic mass is 32.1. The second-order valence-corrected chi connectivity index (χ2v) is 8.29. The second-order valence-electron chi connectivity index (χ2n) is 7.35. The summed E-state index contributed by atoms with van der Waals surface area (Å²) in [5.74, 6) is 0.934. The van der Waals surface area contributed by atoms with Gasteiger partial charge in [-0.15, -0.1) is 11.3 Å². The van der Waals surface area contributed by atoms with Gasteiger partial charge in [0.1, 0.15) is 23.7 Å². The van der Waals surface area contributed by atoms with E-state index < -0.39 is 5.54 Å². The second kappa shape index (κ2) is 8.14. The maximum atomic E-state index is 13.1. The topological polar surface area (TPSA) is 93.8 Å². The van der Waals surface area contributed by atoms with Crippen molar-refractivity contribution in [3.8, 4) is 5.75 Å². The lowest BCUT2D eigenvalue weighted by molar-refractivity contribution is 0.0125. The predicted molar refractivity (Wildman–Crippen MR) is 109 cm³/mol. The fraction of sp³-hybridized carbons (Fsp3) is 0.429. The Labute approximate surface area is 172 Å². The summed E-state index contributed by atoms with van der Waals surface area (Å²) >= 11 is 1.55. The van der Waals surface area contributed by atoms with Crippen molar-refractivity contribution >= 4 is 28.2 Å². The Balaban J connectivity index is 1.59. The van der Waals surface area contributed by atoms with E-state index in [9.17, 15) is 9.90 Å². The first kappa shape index (κ1) is 19.9. The number of rotatable bonds is 6. The molecule has 2 aromatic heterocycles. The predicted octanol–water partition coefficient (Wildman–Crippen LogP) is 3.36. The third-order valence-corrected chi connectivity index (χ3v) is 6.32. The summed E-state index contributed by atoms with van der Waals surface area (Å²) in [6.45, 7) is 5.05. The Bertz CT molecular complexity index is 1020. The van der Waals surface area contributed by atoms with Crippen LogP contribution in [0.25, 0.3) is 11.0 Å². The van der Waals surface area contributed by atoms with Gasteiger partial charge in [-0.2, -0.15) is 0 Å². The molecule has 29 heavy (non-hydrogen) atoms. The molecule has 0 spiro atoms. The Morgan fingerprint density at radius 3 is 2.83 bits per heavy atom. The number of thiazole rings is 1. The van der Waals surface area contributed by atoms with Crippen LogP contribution in [0.4, 0.5) is 0 Å². The number of amides is 1. The molecule has 8 heteroatoms. The normalized spacial score (nSPS) is 16.1. The number of aromatic nitrogens is 1. The fourth-order valence-electron chi connectivity index (χ4n) is 3.57. The van der Waals surface area contributed by atoms with Crippen LogP contribution in [0.3, 0.4) is 0 Å². The average Bonchev–Trinajstić information content (AvgIpc) is 3.28. The molecular weight excluding hydrogens is 392 g/mol. The molecule has 1 saturated heterocycles. The average molecular weight is 416 g/mol. The van der Waals surface area contributed by atoms with E-state index >= 15 is 0 Å².